The second-order valence-electron chi connectivity index (χ2n) is 5.95. The van der Waals surface area contributed by atoms with Crippen molar-refractivity contribution in [3.8, 4) is 11.5 Å². The molecular weight excluding hydrogens is 332 g/mol. The standard InChI is InChI=1S/C19H20N4O3/c1-4-23-12(3)20-16-9-13(5-7-17(16)23)19(26)22-21-11(2)15-10-14(24)6-8-18(15)25/h5-10,24-25H,4H2,1-3H3,(H,22,26)/b21-11+. The maximum atomic E-state index is 12.4. The molecule has 1 heterocycles. The monoisotopic (exact) mass is 352 g/mol. The van der Waals surface area contributed by atoms with Crippen LogP contribution >= 0.6 is 0 Å². The molecule has 0 fully saturated rings. The Labute approximate surface area is 150 Å². The normalized spacial score (nSPS) is 11.7. The second kappa shape index (κ2) is 6.87. The minimum absolute atomic E-state index is 0.00556. The van der Waals surface area contributed by atoms with Gasteiger partial charge in [-0.3, -0.25) is 4.79 Å². The molecule has 1 amide bonds. The highest BCUT2D eigenvalue weighted by Gasteiger charge is 2.11. The number of hydrazone groups is 1. The molecule has 0 aliphatic carbocycles. The van der Waals surface area contributed by atoms with Gasteiger partial charge in [-0.25, -0.2) is 10.4 Å². The van der Waals surface area contributed by atoms with Crippen molar-refractivity contribution in [2.24, 2.45) is 5.10 Å². The van der Waals surface area contributed by atoms with Crippen LogP contribution in [0.3, 0.4) is 0 Å². The second-order valence-corrected chi connectivity index (χ2v) is 5.95. The lowest BCUT2D eigenvalue weighted by atomic mass is 10.1. The number of hydrogen-bond donors (Lipinski definition) is 3. The number of fused-ring (bicyclic) bond motifs is 1. The van der Waals surface area contributed by atoms with Gasteiger partial charge in [0.2, 0.25) is 0 Å². The summed E-state index contributed by atoms with van der Waals surface area (Å²) in [7, 11) is 0. The lowest BCUT2D eigenvalue weighted by molar-refractivity contribution is 0.0955. The van der Waals surface area contributed by atoms with Crippen LogP contribution in [0.1, 0.15) is 35.6 Å². The highest BCUT2D eigenvalue weighted by atomic mass is 16.3. The van der Waals surface area contributed by atoms with Crippen LogP contribution in [-0.2, 0) is 6.54 Å². The summed E-state index contributed by atoms with van der Waals surface area (Å²) in [6.07, 6.45) is 0. The predicted octanol–water partition coefficient (Wildman–Crippen LogP) is 2.93. The van der Waals surface area contributed by atoms with E-state index < -0.39 is 0 Å². The van der Waals surface area contributed by atoms with E-state index in [0.717, 1.165) is 23.4 Å². The van der Waals surface area contributed by atoms with Gasteiger partial charge in [-0.05, 0) is 57.2 Å². The number of phenols is 2. The van der Waals surface area contributed by atoms with Crippen molar-refractivity contribution in [2.45, 2.75) is 27.3 Å². The molecule has 0 aliphatic heterocycles. The first-order valence-electron chi connectivity index (χ1n) is 8.24. The van der Waals surface area contributed by atoms with E-state index in [1.54, 1.807) is 19.1 Å². The van der Waals surface area contributed by atoms with Gasteiger partial charge in [0.1, 0.15) is 17.3 Å². The van der Waals surface area contributed by atoms with E-state index >= 15 is 0 Å². The molecular formula is C19H20N4O3. The van der Waals surface area contributed by atoms with Crippen molar-refractivity contribution in [3.63, 3.8) is 0 Å². The summed E-state index contributed by atoms with van der Waals surface area (Å²) in [5, 5.41) is 23.4. The van der Waals surface area contributed by atoms with E-state index in [-0.39, 0.29) is 17.4 Å². The van der Waals surface area contributed by atoms with Crippen LogP contribution in [0, 0.1) is 6.92 Å². The van der Waals surface area contributed by atoms with Crippen LogP contribution in [0.2, 0.25) is 0 Å². The topological polar surface area (TPSA) is 99.7 Å². The number of nitrogens with one attached hydrogen (secondary N) is 1. The number of rotatable bonds is 4. The number of aromatic hydroxyl groups is 2. The molecule has 0 radical (unpaired) electrons. The summed E-state index contributed by atoms with van der Waals surface area (Å²) in [6, 6.07) is 9.43. The van der Waals surface area contributed by atoms with Gasteiger partial charge >= 0.3 is 0 Å². The number of nitrogens with zero attached hydrogens (tertiary/aromatic N) is 3. The van der Waals surface area contributed by atoms with Crippen molar-refractivity contribution in [2.75, 3.05) is 0 Å². The Kier molecular flexibility index (Phi) is 4.62. The Balaban J connectivity index is 1.83. The van der Waals surface area contributed by atoms with Crippen molar-refractivity contribution < 1.29 is 15.0 Å². The number of hydrogen-bond acceptors (Lipinski definition) is 5. The minimum atomic E-state index is -0.380. The van der Waals surface area contributed by atoms with Gasteiger partial charge in [0.15, 0.2) is 0 Å². The highest BCUT2D eigenvalue weighted by molar-refractivity contribution is 6.03. The van der Waals surface area contributed by atoms with E-state index in [1.165, 1.54) is 18.2 Å². The van der Waals surface area contributed by atoms with Crippen LogP contribution in [-0.4, -0.2) is 31.4 Å². The van der Waals surface area contributed by atoms with Crippen molar-refractivity contribution in [1.82, 2.24) is 15.0 Å². The van der Waals surface area contributed by atoms with E-state index in [0.29, 0.717) is 16.8 Å². The Morgan fingerprint density at radius 3 is 2.73 bits per heavy atom. The van der Waals surface area contributed by atoms with Crippen LogP contribution in [0.4, 0.5) is 0 Å². The molecule has 0 aliphatic rings. The highest BCUT2D eigenvalue weighted by Crippen LogP contribution is 2.22. The van der Waals surface area contributed by atoms with Gasteiger partial charge < -0.3 is 14.8 Å². The number of imidazole rings is 1. The fourth-order valence-corrected chi connectivity index (χ4v) is 2.86. The Morgan fingerprint density at radius 1 is 1.23 bits per heavy atom. The molecule has 3 rings (SSSR count). The molecule has 0 spiro atoms. The molecule has 0 unspecified atom stereocenters. The number of carbonyl (C=O) groups is 1. The Bertz CT molecular complexity index is 1020. The van der Waals surface area contributed by atoms with Crippen LogP contribution < -0.4 is 5.43 Å². The van der Waals surface area contributed by atoms with Crippen molar-refractivity contribution in [1.29, 1.82) is 0 Å². The first-order valence-corrected chi connectivity index (χ1v) is 8.24. The van der Waals surface area contributed by atoms with Crippen LogP contribution in [0.5, 0.6) is 11.5 Å². The fraction of sp³-hybridized carbons (Fsp3) is 0.211. The molecule has 0 atom stereocenters. The van der Waals surface area contributed by atoms with E-state index in [1.807, 2.05) is 19.9 Å². The lowest BCUT2D eigenvalue weighted by Crippen LogP contribution is -2.19. The molecule has 0 saturated carbocycles. The number of benzene rings is 2. The van der Waals surface area contributed by atoms with Gasteiger partial charge in [-0.15, -0.1) is 0 Å². The molecule has 1 aromatic heterocycles. The van der Waals surface area contributed by atoms with Crippen LogP contribution in [0.15, 0.2) is 41.5 Å². The van der Waals surface area contributed by atoms with E-state index in [2.05, 4.69) is 20.1 Å². The third-order valence-electron chi connectivity index (χ3n) is 4.21. The summed E-state index contributed by atoms with van der Waals surface area (Å²) in [4.78, 5) is 16.9. The predicted molar refractivity (Wildman–Crippen MR) is 99.6 cm³/mol. The molecule has 0 saturated heterocycles. The minimum Gasteiger partial charge on any atom is -0.508 e. The average Bonchev–Trinajstić information content (AvgIpc) is 2.95. The zero-order chi connectivity index (χ0) is 18.8. The van der Waals surface area contributed by atoms with Crippen molar-refractivity contribution in [3.05, 3.63) is 53.3 Å². The zero-order valence-electron chi connectivity index (χ0n) is 14.8. The maximum absolute atomic E-state index is 12.4. The van der Waals surface area contributed by atoms with E-state index in [9.17, 15) is 15.0 Å². The van der Waals surface area contributed by atoms with Gasteiger partial charge in [0, 0.05) is 17.7 Å². The summed E-state index contributed by atoms with van der Waals surface area (Å²) >= 11 is 0. The third kappa shape index (κ3) is 3.23. The maximum Gasteiger partial charge on any atom is 0.271 e. The van der Waals surface area contributed by atoms with Gasteiger partial charge in [-0.2, -0.15) is 5.10 Å². The SMILES string of the molecule is CCn1c(C)nc2cc(C(=O)N/N=C(\C)c3cc(O)ccc3O)ccc21. The molecule has 134 valence electrons. The lowest BCUT2D eigenvalue weighted by Gasteiger charge is -2.06. The summed E-state index contributed by atoms with van der Waals surface area (Å²) < 4.78 is 2.07. The molecule has 26 heavy (non-hydrogen) atoms. The van der Waals surface area contributed by atoms with Gasteiger partial charge in [0.25, 0.3) is 5.91 Å². The van der Waals surface area contributed by atoms with Crippen molar-refractivity contribution >= 4 is 22.7 Å². The first-order chi connectivity index (χ1) is 12.4. The van der Waals surface area contributed by atoms with Crippen LogP contribution in [0.25, 0.3) is 11.0 Å². The smallest absolute Gasteiger partial charge is 0.271 e. The van der Waals surface area contributed by atoms with Gasteiger partial charge in [-0.1, -0.05) is 0 Å². The van der Waals surface area contributed by atoms with E-state index in [4.69, 9.17) is 0 Å². The molecule has 0 bridgehead atoms. The molecule has 7 nitrogen and oxygen atoms in total. The number of aromatic nitrogens is 2. The summed E-state index contributed by atoms with van der Waals surface area (Å²) in [5.41, 5.74) is 5.36. The molecule has 7 heteroatoms. The number of phenolic OH excluding ortho intramolecular Hbond substituents is 2. The number of amides is 1. The first kappa shape index (κ1) is 17.5. The summed E-state index contributed by atoms with van der Waals surface area (Å²) in [6.45, 7) is 6.41. The number of aryl methyl sites for hydroxylation is 2. The largest absolute Gasteiger partial charge is 0.508 e. The summed E-state index contributed by atoms with van der Waals surface area (Å²) in [5.74, 6) is 0.495. The molecule has 3 aromatic rings. The Hall–Kier alpha value is -3.35. The third-order valence-corrected chi connectivity index (χ3v) is 4.21. The quantitative estimate of drug-likeness (QED) is 0.382. The molecule has 3 N–H and O–H groups in total. The Morgan fingerprint density at radius 2 is 2.00 bits per heavy atom. The fourth-order valence-electron chi connectivity index (χ4n) is 2.86. The number of carbonyl (C=O) groups excluding carboxylic acids is 1. The molecule has 2 aromatic carbocycles. The van der Waals surface area contributed by atoms with Gasteiger partial charge in [0.05, 0.1) is 16.7 Å². The zero-order valence-corrected chi connectivity index (χ0v) is 14.8. The average molecular weight is 352 g/mol.